The van der Waals surface area contributed by atoms with Gasteiger partial charge in [0.05, 0.1) is 24.1 Å². The summed E-state index contributed by atoms with van der Waals surface area (Å²) in [6.45, 7) is 10.6. The largest absolute Gasteiger partial charge is 0.491 e. The maximum absolute atomic E-state index is 13.9. The van der Waals surface area contributed by atoms with E-state index < -0.39 is 6.17 Å². The second-order valence-corrected chi connectivity index (χ2v) is 12.5. The summed E-state index contributed by atoms with van der Waals surface area (Å²) in [6.07, 6.45) is 2.88. The van der Waals surface area contributed by atoms with Gasteiger partial charge in [0.2, 0.25) is 0 Å². The standard InChI is InChI=1S/C32H37FN6O/c1-20-34-27-6-4-22(15-28(27)35-20)21-5-7-29-23(14-21)17-39(12-13-40-29)31-25-16-32(2,3)10-8-26(25)36-30(37-31)19-38-11-9-24(33)18-38/h4-7,14-15,24H,8-13,16-19H2,1-3H3,(H,34,35)/t24-/m1/s1. The Bertz CT molecular complexity index is 1580. The van der Waals surface area contributed by atoms with Gasteiger partial charge in [0.1, 0.15) is 36.0 Å². The molecule has 1 fully saturated rings. The molecule has 2 aromatic heterocycles. The van der Waals surface area contributed by atoms with Crippen molar-refractivity contribution in [3.63, 3.8) is 0 Å². The summed E-state index contributed by atoms with van der Waals surface area (Å²) in [5.41, 5.74) is 8.12. The van der Waals surface area contributed by atoms with E-state index in [1.54, 1.807) is 0 Å². The number of alkyl halides is 1. The van der Waals surface area contributed by atoms with Gasteiger partial charge < -0.3 is 14.6 Å². The fourth-order valence-electron chi connectivity index (χ4n) is 6.51. The quantitative estimate of drug-likeness (QED) is 0.354. The predicted molar refractivity (Wildman–Crippen MR) is 155 cm³/mol. The van der Waals surface area contributed by atoms with Crippen LogP contribution in [0.25, 0.3) is 22.2 Å². The number of aryl methyl sites for hydroxylation is 2. The van der Waals surface area contributed by atoms with Crippen molar-refractivity contribution in [3.8, 4) is 16.9 Å². The van der Waals surface area contributed by atoms with Crippen molar-refractivity contribution in [1.29, 1.82) is 0 Å². The number of nitrogens with one attached hydrogen (secondary N) is 1. The molecular formula is C32H37FN6O. The number of halogens is 1. The molecule has 0 bridgehead atoms. The summed E-state index contributed by atoms with van der Waals surface area (Å²) in [5, 5.41) is 0. The van der Waals surface area contributed by atoms with Gasteiger partial charge in [-0.15, -0.1) is 0 Å². The van der Waals surface area contributed by atoms with E-state index in [1.165, 1.54) is 5.56 Å². The zero-order valence-electron chi connectivity index (χ0n) is 23.6. The molecule has 0 amide bonds. The van der Waals surface area contributed by atoms with E-state index in [0.29, 0.717) is 32.7 Å². The molecule has 1 saturated heterocycles. The van der Waals surface area contributed by atoms with E-state index in [0.717, 1.165) is 89.0 Å². The summed E-state index contributed by atoms with van der Waals surface area (Å²) in [5.74, 6) is 3.69. The molecule has 3 aliphatic rings. The van der Waals surface area contributed by atoms with Crippen molar-refractivity contribution < 1.29 is 9.13 Å². The van der Waals surface area contributed by atoms with Crippen molar-refractivity contribution in [2.75, 3.05) is 31.1 Å². The first kappa shape index (κ1) is 25.4. The second-order valence-electron chi connectivity index (χ2n) is 12.5. The van der Waals surface area contributed by atoms with Crippen molar-refractivity contribution in [1.82, 2.24) is 24.8 Å². The van der Waals surface area contributed by atoms with Crippen LogP contribution >= 0.6 is 0 Å². The first-order valence-electron chi connectivity index (χ1n) is 14.5. The Morgan fingerprint density at radius 2 is 1.93 bits per heavy atom. The molecule has 0 unspecified atom stereocenters. The minimum atomic E-state index is -0.746. The summed E-state index contributed by atoms with van der Waals surface area (Å²) in [4.78, 5) is 22.6. The highest BCUT2D eigenvalue weighted by molar-refractivity contribution is 5.82. The Labute approximate surface area is 234 Å². The number of nitrogens with zero attached hydrogens (tertiary/aromatic N) is 5. The molecule has 7 rings (SSSR count). The van der Waals surface area contributed by atoms with Crippen LogP contribution < -0.4 is 9.64 Å². The maximum atomic E-state index is 13.9. The summed E-state index contributed by atoms with van der Waals surface area (Å²) in [6, 6.07) is 12.9. The molecule has 2 aliphatic heterocycles. The number of hydrogen-bond donors (Lipinski definition) is 1. The number of anilines is 1. The predicted octanol–water partition coefficient (Wildman–Crippen LogP) is 5.79. The summed E-state index contributed by atoms with van der Waals surface area (Å²) >= 11 is 0. The monoisotopic (exact) mass is 540 g/mol. The number of ether oxygens (including phenoxy) is 1. The van der Waals surface area contributed by atoms with Crippen molar-refractivity contribution in [3.05, 3.63) is 64.9 Å². The first-order chi connectivity index (χ1) is 19.3. The number of imidazole rings is 1. The molecule has 7 nitrogen and oxygen atoms in total. The number of likely N-dealkylation sites (tertiary alicyclic amines) is 1. The van der Waals surface area contributed by atoms with Gasteiger partial charge in [-0.1, -0.05) is 26.0 Å². The topological polar surface area (TPSA) is 70.2 Å². The lowest BCUT2D eigenvalue weighted by molar-refractivity contribution is 0.275. The van der Waals surface area contributed by atoms with Gasteiger partial charge >= 0.3 is 0 Å². The van der Waals surface area contributed by atoms with Crippen LogP contribution in [0, 0.1) is 12.3 Å². The van der Waals surface area contributed by atoms with E-state index in [9.17, 15) is 4.39 Å². The van der Waals surface area contributed by atoms with E-state index in [1.807, 2.05) is 6.92 Å². The van der Waals surface area contributed by atoms with Crippen LogP contribution in [0.2, 0.25) is 0 Å². The third kappa shape index (κ3) is 4.94. The first-order valence-corrected chi connectivity index (χ1v) is 14.5. The number of benzene rings is 2. The molecule has 0 saturated carbocycles. The molecule has 4 heterocycles. The van der Waals surface area contributed by atoms with Gasteiger partial charge in [0.15, 0.2) is 0 Å². The van der Waals surface area contributed by atoms with Crippen LogP contribution in [0.4, 0.5) is 10.2 Å². The Balaban J connectivity index is 1.24. The van der Waals surface area contributed by atoms with Crippen LogP contribution in [-0.4, -0.2) is 57.2 Å². The zero-order valence-corrected chi connectivity index (χ0v) is 23.6. The molecule has 40 heavy (non-hydrogen) atoms. The fourth-order valence-corrected chi connectivity index (χ4v) is 6.51. The Morgan fingerprint density at radius 1 is 1.07 bits per heavy atom. The highest BCUT2D eigenvalue weighted by atomic mass is 19.1. The minimum Gasteiger partial charge on any atom is -0.491 e. The lowest BCUT2D eigenvalue weighted by Crippen LogP contribution is -2.32. The van der Waals surface area contributed by atoms with E-state index >= 15 is 0 Å². The normalized spacial score (nSPS) is 20.7. The van der Waals surface area contributed by atoms with Gasteiger partial charge in [-0.3, -0.25) is 4.90 Å². The number of aromatic nitrogens is 4. The van der Waals surface area contributed by atoms with Crippen molar-refractivity contribution in [2.45, 2.75) is 65.7 Å². The van der Waals surface area contributed by atoms with Gasteiger partial charge in [-0.25, -0.2) is 19.3 Å². The van der Waals surface area contributed by atoms with Crippen LogP contribution in [0.1, 0.15) is 55.2 Å². The average molecular weight is 541 g/mol. The molecule has 4 aromatic rings. The van der Waals surface area contributed by atoms with Gasteiger partial charge in [0.25, 0.3) is 0 Å². The van der Waals surface area contributed by atoms with Crippen LogP contribution in [-0.2, 0) is 25.9 Å². The molecule has 8 heteroatoms. The van der Waals surface area contributed by atoms with Crippen molar-refractivity contribution >= 4 is 16.9 Å². The molecular weight excluding hydrogens is 503 g/mol. The molecule has 0 radical (unpaired) electrons. The fraction of sp³-hybridized carbons (Fsp3) is 0.469. The number of H-pyrrole nitrogens is 1. The lowest BCUT2D eigenvalue weighted by atomic mass is 9.76. The number of fused-ring (bicyclic) bond motifs is 3. The average Bonchev–Trinajstić information content (AvgIpc) is 3.43. The number of hydrogen-bond acceptors (Lipinski definition) is 6. The van der Waals surface area contributed by atoms with Gasteiger partial charge in [-0.2, -0.15) is 0 Å². The second kappa shape index (κ2) is 9.84. The van der Waals surface area contributed by atoms with E-state index in [4.69, 9.17) is 14.7 Å². The maximum Gasteiger partial charge on any atom is 0.144 e. The number of rotatable bonds is 4. The minimum absolute atomic E-state index is 0.208. The molecule has 2 aromatic carbocycles. The molecule has 0 spiro atoms. The van der Waals surface area contributed by atoms with Gasteiger partial charge in [0, 0.05) is 36.5 Å². The Morgan fingerprint density at radius 3 is 2.77 bits per heavy atom. The van der Waals surface area contributed by atoms with Gasteiger partial charge in [-0.05, 0) is 73.4 Å². The SMILES string of the molecule is Cc1nc2ccc(-c3ccc4c(c3)CN(c3nc(CN5CC[C@@H](F)C5)nc5c3CC(C)(C)CC5)CCO4)cc2[nH]1. The Kier molecular flexibility index (Phi) is 6.26. The highest BCUT2D eigenvalue weighted by Gasteiger charge is 2.32. The van der Waals surface area contributed by atoms with Crippen LogP contribution in [0.3, 0.4) is 0 Å². The molecule has 1 N–H and O–H groups in total. The zero-order chi connectivity index (χ0) is 27.4. The molecule has 1 aliphatic carbocycles. The number of aromatic amines is 1. The summed E-state index contributed by atoms with van der Waals surface area (Å²) in [7, 11) is 0. The van der Waals surface area contributed by atoms with E-state index in [-0.39, 0.29) is 5.41 Å². The third-order valence-electron chi connectivity index (χ3n) is 8.66. The molecule has 1 atom stereocenters. The van der Waals surface area contributed by atoms with E-state index in [2.05, 4.69) is 70.0 Å². The van der Waals surface area contributed by atoms with Crippen LogP contribution in [0.5, 0.6) is 5.75 Å². The third-order valence-corrected chi connectivity index (χ3v) is 8.66. The highest BCUT2D eigenvalue weighted by Crippen LogP contribution is 2.39. The van der Waals surface area contributed by atoms with Crippen molar-refractivity contribution in [2.24, 2.45) is 5.41 Å². The summed E-state index contributed by atoms with van der Waals surface area (Å²) < 4.78 is 20.2. The molecule has 208 valence electrons. The lowest BCUT2D eigenvalue weighted by Gasteiger charge is -2.34. The Hall–Kier alpha value is -3.52. The smallest absolute Gasteiger partial charge is 0.144 e. The van der Waals surface area contributed by atoms with Crippen LogP contribution in [0.15, 0.2) is 36.4 Å².